The van der Waals surface area contributed by atoms with E-state index in [1.165, 1.54) is 18.2 Å². The number of aromatic carboxylic acids is 1. The van der Waals surface area contributed by atoms with Gasteiger partial charge in [0.05, 0.1) is 4.47 Å². The highest BCUT2D eigenvalue weighted by atomic mass is 79.9. The van der Waals surface area contributed by atoms with E-state index >= 15 is 0 Å². The molecule has 1 saturated carbocycles. The number of carbonyl (C=O) groups is 1. The van der Waals surface area contributed by atoms with Gasteiger partial charge < -0.3 is 9.63 Å². The molecule has 1 fully saturated rings. The number of hydrogen-bond acceptors (Lipinski definition) is 3. The fourth-order valence-corrected chi connectivity index (χ4v) is 3.20. The zero-order valence-corrected chi connectivity index (χ0v) is 12.7. The van der Waals surface area contributed by atoms with Gasteiger partial charge in [-0.25, -0.2) is 9.18 Å². The van der Waals surface area contributed by atoms with Crippen LogP contribution in [0.25, 0.3) is 11.3 Å². The Bertz CT molecular complexity index is 692. The van der Waals surface area contributed by atoms with Gasteiger partial charge in [-0.2, -0.15) is 0 Å². The fourth-order valence-electron chi connectivity index (χ4n) is 2.82. The highest BCUT2D eigenvalue weighted by Crippen LogP contribution is 2.39. The van der Waals surface area contributed by atoms with Crippen LogP contribution in [0.2, 0.25) is 0 Å². The minimum absolute atomic E-state index is 0.0976. The minimum Gasteiger partial charge on any atom is -0.477 e. The first kappa shape index (κ1) is 14.3. The molecule has 1 N–H and O–H groups in total. The Kier molecular flexibility index (Phi) is 3.80. The topological polar surface area (TPSA) is 63.3 Å². The fraction of sp³-hybridized carbons (Fsp3) is 0.333. The van der Waals surface area contributed by atoms with E-state index in [1.54, 1.807) is 0 Å². The van der Waals surface area contributed by atoms with Crippen molar-refractivity contribution >= 4 is 21.9 Å². The summed E-state index contributed by atoms with van der Waals surface area (Å²) in [6, 6.07) is 4.29. The van der Waals surface area contributed by atoms with Crippen LogP contribution in [-0.2, 0) is 0 Å². The third-order valence-corrected chi connectivity index (χ3v) is 4.46. The van der Waals surface area contributed by atoms with Crippen molar-refractivity contribution in [2.24, 2.45) is 0 Å². The van der Waals surface area contributed by atoms with Crippen LogP contribution < -0.4 is 0 Å². The Labute approximate surface area is 129 Å². The van der Waals surface area contributed by atoms with Crippen molar-refractivity contribution in [3.63, 3.8) is 0 Å². The monoisotopic (exact) mass is 353 g/mol. The maximum absolute atomic E-state index is 13.3. The highest BCUT2D eigenvalue weighted by Gasteiger charge is 2.31. The summed E-state index contributed by atoms with van der Waals surface area (Å²) in [5.41, 5.74) is 0.874. The molecule has 1 heterocycles. The lowest BCUT2D eigenvalue weighted by Gasteiger charge is -2.05. The normalized spacial score (nSPS) is 15.5. The van der Waals surface area contributed by atoms with Gasteiger partial charge in [0.25, 0.3) is 0 Å². The average Bonchev–Trinajstić information content (AvgIpc) is 3.09. The molecular weight excluding hydrogens is 341 g/mol. The number of rotatable bonds is 3. The van der Waals surface area contributed by atoms with Crippen molar-refractivity contribution in [2.45, 2.75) is 31.6 Å². The first-order valence-electron chi connectivity index (χ1n) is 6.76. The van der Waals surface area contributed by atoms with E-state index in [2.05, 4.69) is 21.1 Å². The van der Waals surface area contributed by atoms with Crippen LogP contribution in [0.1, 0.15) is 47.7 Å². The Balaban J connectivity index is 2.09. The summed E-state index contributed by atoms with van der Waals surface area (Å²) in [4.78, 5) is 11.6. The van der Waals surface area contributed by atoms with Crippen LogP contribution >= 0.6 is 15.9 Å². The van der Waals surface area contributed by atoms with Crippen LogP contribution in [0.3, 0.4) is 0 Å². The van der Waals surface area contributed by atoms with E-state index in [1.807, 2.05) is 0 Å². The molecule has 4 nitrogen and oxygen atoms in total. The summed E-state index contributed by atoms with van der Waals surface area (Å²) in [5, 5.41) is 13.4. The van der Waals surface area contributed by atoms with Crippen molar-refractivity contribution in [3.8, 4) is 11.3 Å². The van der Waals surface area contributed by atoms with Crippen molar-refractivity contribution in [3.05, 3.63) is 39.8 Å². The smallest absolute Gasteiger partial charge is 0.341 e. The van der Waals surface area contributed by atoms with Gasteiger partial charge in [0.1, 0.15) is 17.1 Å². The maximum Gasteiger partial charge on any atom is 0.341 e. The molecule has 2 aromatic rings. The van der Waals surface area contributed by atoms with E-state index in [0.717, 1.165) is 25.7 Å². The molecule has 0 bridgehead atoms. The molecule has 110 valence electrons. The molecule has 21 heavy (non-hydrogen) atoms. The average molecular weight is 354 g/mol. The molecule has 0 atom stereocenters. The van der Waals surface area contributed by atoms with E-state index in [4.69, 9.17) is 4.52 Å². The lowest BCUT2D eigenvalue weighted by Crippen LogP contribution is -2.04. The van der Waals surface area contributed by atoms with Crippen molar-refractivity contribution in [1.82, 2.24) is 5.16 Å². The van der Waals surface area contributed by atoms with Crippen molar-refractivity contribution in [1.29, 1.82) is 0 Å². The van der Waals surface area contributed by atoms with Crippen molar-refractivity contribution < 1.29 is 18.8 Å². The number of nitrogens with zero attached hydrogens (tertiary/aromatic N) is 1. The zero-order valence-electron chi connectivity index (χ0n) is 11.1. The van der Waals surface area contributed by atoms with E-state index < -0.39 is 11.8 Å². The Hall–Kier alpha value is -1.69. The predicted octanol–water partition coefficient (Wildman–Crippen LogP) is 4.60. The van der Waals surface area contributed by atoms with E-state index in [-0.39, 0.29) is 21.6 Å². The van der Waals surface area contributed by atoms with Gasteiger partial charge in [-0.1, -0.05) is 18.0 Å². The second-order valence-electron chi connectivity index (χ2n) is 5.19. The van der Waals surface area contributed by atoms with Crippen LogP contribution in [0.4, 0.5) is 4.39 Å². The second-order valence-corrected chi connectivity index (χ2v) is 6.04. The first-order chi connectivity index (χ1) is 10.1. The SMILES string of the molecule is O=C(O)c1c(-c2ccc(F)c(Br)c2)noc1C1CCCC1. The molecule has 0 radical (unpaired) electrons. The molecule has 3 rings (SSSR count). The van der Waals surface area contributed by atoms with Gasteiger partial charge in [0, 0.05) is 11.5 Å². The van der Waals surface area contributed by atoms with Crippen LogP contribution in [0.15, 0.2) is 27.2 Å². The van der Waals surface area contributed by atoms with Gasteiger partial charge in [0.15, 0.2) is 5.76 Å². The van der Waals surface area contributed by atoms with Crippen molar-refractivity contribution in [2.75, 3.05) is 0 Å². The molecule has 1 aliphatic carbocycles. The first-order valence-corrected chi connectivity index (χ1v) is 7.55. The lowest BCUT2D eigenvalue weighted by atomic mass is 9.97. The second kappa shape index (κ2) is 5.60. The molecule has 0 amide bonds. The van der Waals surface area contributed by atoms with Gasteiger partial charge in [-0.3, -0.25) is 0 Å². The van der Waals surface area contributed by atoms with Gasteiger partial charge in [-0.05, 0) is 47.0 Å². The van der Waals surface area contributed by atoms with Crippen LogP contribution in [-0.4, -0.2) is 16.2 Å². The lowest BCUT2D eigenvalue weighted by molar-refractivity contribution is 0.0694. The molecule has 1 aromatic heterocycles. The largest absolute Gasteiger partial charge is 0.477 e. The molecule has 0 saturated heterocycles. The molecule has 0 aliphatic heterocycles. The highest BCUT2D eigenvalue weighted by molar-refractivity contribution is 9.10. The van der Waals surface area contributed by atoms with Gasteiger partial charge in [0.2, 0.25) is 0 Å². The standard InChI is InChI=1S/C15H13BrFNO3/c16-10-7-9(5-6-11(10)17)13-12(15(19)20)14(21-18-13)8-3-1-2-4-8/h5-8H,1-4H2,(H,19,20). The predicted molar refractivity (Wildman–Crippen MR) is 77.8 cm³/mol. The summed E-state index contributed by atoms with van der Waals surface area (Å²) >= 11 is 3.10. The zero-order chi connectivity index (χ0) is 15.0. The van der Waals surface area contributed by atoms with Crippen LogP contribution in [0.5, 0.6) is 0 Å². The Morgan fingerprint density at radius 3 is 2.71 bits per heavy atom. The Morgan fingerprint density at radius 2 is 2.10 bits per heavy atom. The summed E-state index contributed by atoms with van der Waals surface area (Å²) in [7, 11) is 0. The summed E-state index contributed by atoms with van der Waals surface area (Å²) in [6.45, 7) is 0. The molecule has 0 spiro atoms. The molecule has 1 aromatic carbocycles. The summed E-state index contributed by atoms with van der Waals surface area (Å²) in [5.74, 6) is -0.916. The van der Waals surface area contributed by atoms with E-state index in [9.17, 15) is 14.3 Å². The van der Waals surface area contributed by atoms with Gasteiger partial charge in [-0.15, -0.1) is 0 Å². The molecule has 1 aliphatic rings. The number of aromatic nitrogens is 1. The summed E-state index contributed by atoms with van der Waals surface area (Å²) < 4.78 is 18.9. The van der Waals surface area contributed by atoms with E-state index in [0.29, 0.717) is 11.3 Å². The Morgan fingerprint density at radius 1 is 1.38 bits per heavy atom. The number of carboxylic acids is 1. The molecule has 0 unspecified atom stereocenters. The quantitative estimate of drug-likeness (QED) is 0.875. The molecule has 6 heteroatoms. The number of halogens is 2. The summed E-state index contributed by atoms with van der Waals surface area (Å²) in [6.07, 6.45) is 3.98. The third kappa shape index (κ3) is 2.60. The maximum atomic E-state index is 13.3. The van der Waals surface area contributed by atoms with Crippen LogP contribution in [0, 0.1) is 5.82 Å². The third-order valence-electron chi connectivity index (χ3n) is 3.85. The number of benzene rings is 1. The number of hydrogen-bond donors (Lipinski definition) is 1. The number of carboxylic acid groups (broad SMARTS) is 1. The van der Waals surface area contributed by atoms with Gasteiger partial charge >= 0.3 is 5.97 Å². The molecular formula is C15H13BrFNO3. The minimum atomic E-state index is -1.06.